The van der Waals surface area contributed by atoms with Crippen molar-refractivity contribution in [1.29, 1.82) is 0 Å². The molecule has 0 unspecified atom stereocenters. The van der Waals surface area contributed by atoms with Crippen molar-refractivity contribution >= 4 is 37.5 Å². The Morgan fingerprint density at radius 3 is 2.65 bits per heavy atom. The average molecular weight is 403 g/mol. The first kappa shape index (κ1) is 15.3. The average Bonchev–Trinajstić information content (AvgIpc) is 2.41. The van der Waals surface area contributed by atoms with E-state index in [2.05, 4.69) is 37.2 Å². The first-order valence-corrected chi connectivity index (χ1v) is 7.62. The third-order valence-electron chi connectivity index (χ3n) is 2.98. The molecule has 2 nitrogen and oxygen atoms in total. The standard InChI is InChI=1S/C15H14Br2FNO/c1-9-5-12(17)13(18)7-14(9)19-8-10-6-11(16)3-4-15(10)20-2/h3-7,19H,8H2,1-2H3. The van der Waals surface area contributed by atoms with Gasteiger partial charge < -0.3 is 10.1 Å². The lowest BCUT2D eigenvalue weighted by Crippen LogP contribution is -2.03. The van der Waals surface area contributed by atoms with E-state index in [-0.39, 0.29) is 5.82 Å². The first-order valence-electron chi connectivity index (χ1n) is 6.03. The minimum Gasteiger partial charge on any atom is -0.496 e. The summed E-state index contributed by atoms with van der Waals surface area (Å²) in [4.78, 5) is 0. The maximum atomic E-state index is 13.6. The summed E-state index contributed by atoms with van der Waals surface area (Å²) in [5.74, 6) is 0.523. The summed E-state index contributed by atoms with van der Waals surface area (Å²) in [7, 11) is 1.64. The maximum Gasteiger partial charge on any atom is 0.139 e. The van der Waals surface area contributed by atoms with Gasteiger partial charge in [-0.25, -0.2) is 4.39 Å². The van der Waals surface area contributed by atoms with E-state index in [4.69, 9.17) is 4.74 Å². The van der Waals surface area contributed by atoms with Crippen molar-refractivity contribution in [2.45, 2.75) is 13.5 Å². The minimum absolute atomic E-state index is 0.278. The number of anilines is 1. The van der Waals surface area contributed by atoms with E-state index in [9.17, 15) is 4.39 Å². The lowest BCUT2D eigenvalue weighted by atomic mass is 10.1. The second kappa shape index (κ2) is 6.59. The first-order chi connectivity index (χ1) is 9.51. The molecular weight excluding hydrogens is 389 g/mol. The van der Waals surface area contributed by atoms with E-state index in [1.807, 2.05) is 25.1 Å². The quantitative estimate of drug-likeness (QED) is 0.751. The molecule has 0 fully saturated rings. The number of halogens is 3. The summed E-state index contributed by atoms with van der Waals surface area (Å²) < 4.78 is 20.3. The van der Waals surface area contributed by atoms with Crippen LogP contribution in [0.25, 0.3) is 0 Å². The van der Waals surface area contributed by atoms with Crippen LogP contribution in [0, 0.1) is 12.7 Å². The van der Waals surface area contributed by atoms with Crippen LogP contribution in [0.2, 0.25) is 0 Å². The molecule has 0 aliphatic rings. The van der Waals surface area contributed by atoms with Crippen molar-refractivity contribution in [1.82, 2.24) is 0 Å². The zero-order valence-corrected chi connectivity index (χ0v) is 14.3. The van der Waals surface area contributed by atoms with Crippen LogP contribution in [0.3, 0.4) is 0 Å². The van der Waals surface area contributed by atoms with Crippen molar-refractivity contribution in [3.05, 3.63) is 56.2 Å². The molecule has 5 heteroatoms. The van der Waals surface area contributed by atoms with Gasteiger partial charge in [0.25, 0.3) is 0 Å². The Hall–Kier alpha value is -1.07. The topological polar surface area (TPSA) is 21.3 Å². The van der Waals surface area contributed by atoms with E-state index in [1.165, 1.54) is 6.07 Å². The molecule has 1 N–H and O–H groups in total. The summed E-state index contributed by atoms with van der Waals surface area (Å²) in [6.07, 6.45) is 0. The molecule has 2 rings (SSSR count). The highest BCUT2D eigenvalue weighted by Crippen LogP contribution is 2.27. The smallest absolute Gasteiger partial charge is 0.139 e. The van der Waals surface area contributed by atoms with Gasteiger partial charge in [0.2, 0.25) is 0 Å². The number of benzene rings is 2. The molecule has 0 aromatic heterocycles. The Morgan fingerprint density at radius 2 is 1.95 bits per heavy atom. The zero-order chi connectivity index (χ0) is 14.7. The van der Waals surface area contributed by atoms with Gasteiger partial charge in [-0.3, -0.25) is 0 Å². The van der Waals surface area contributed by atoms with Gasteiger partial charge in [-0.05, 0) is 58.7 Å². The fourth-order valence-corrected chi connectivity index (χ4v) is 2.78. The summed E-state index contributed by atoms with van der Waals surface area (Å²) in [5, 5.41) is 3.24. The SMILES string of the molecule is COc1ccc(Br)cc1CNc1cc(F)c(Br)cc1C. The van der Waals surface area contributed by atoms with Crippen LogP contribution >= 0.6 is 31.9 Å². The lowest BCUT2D eigenvalue weighted by Gasteiger charge is -2.13. The van der Waals surface area contributed by atoms with Gasteiger partial charge in [0, 0.05) is 22.3 Å². The number of hydrogen-bond acceptors (Lipinski definition) is 2. The highest BCUT2D eigenvalue weighted by Gasteiger charge is 2.07. The Morgan fingerprint density at radius 1 is 1.20 bits per heavy atom. The van der Waals surface area contributed by atoms with E-state index >= 15 is 0 Å². The van der Waals surface area contributed by atoms with Crippen LogP contribution in [0.4, 0.5) is 10.1 Å². The number of hydrogen-bond donors (Lipinski definition) is 1. The second-order valence-corrected chi connectivity index (χ2v) is 6.16. The van der Waals surface area contributed by atoms with Crippen molar-refractivity contribution in [3.63, 3.8) is 0 Å². The molecule has 0 spiro atoms. The largest absolute Gasteiger partial charge is 0.496 e. The van der Waals surface area contributed by atoms with Gasteiger partial charge in [-0.2, -0.15) is 0 Å². The molecule has 0 amide bonds. The predicted molar refractivity (Wildman–Crippen MR) is 86.9 cm³/mol. The highest BCUT2D eigenvalue weighted by molar-refractivity contribution is 9.10. The minimum atomic E-state index is -0.278. The van der Waals surface area contributed by atoms with Crippen molar-refractivity contribution in [2.24, 2.45) is 0 Å². The lowest BCUT2D eigenvalue weighted by molar-refractivity contribution is 0.410. The van der Waals surface area contributed by atoms with E-state index in [1.54, 1.807) is 13.2 Å². The van der Waals surface area contributed by atoms with E-state index < -0.39 is 0 Å². The van der Waals surface area contributed by atoms with Gasteiger partial charge in [-0.1, -0.05) is 15.9 Å². The van der Waals surface area contributed by atoms with Crippen molar-refractivity contribution in [3.8, 4) is 5.75 Å². The number of rotatable bonds is 4. The molecule has 0 atom stereocenters. The molecule has 2 aromatic carbocycles. The van der Waals surface area contributed by atoms with E-state index in [0.717, 1.165) is 27.0 Å². The molecule has 0 aliphatic heterocycles. The molecule has 0 radical (unpaired) electrons. The second-order valence-electron chi connectivity index (χ2n) is 4.39. The van der Waals surface area contributed by atoms with Crippen LogP contribution in [0.5, 0.6) is 5.75 Å². The molecule has 0 bridgehead atoms. The number of methoxy groups -OCH3 is 1. The Kier molecular flexibility index (Phi) is 5.05. The number of ether oxygens (including phenoxy) is 1. The Bertz CT molecular complexity index is 632. The summed E-state index contributed by atoms with van der Waals surface area (Å²) in [6.45, 7) is 2.50. The third kappa shape index (κ3) is 3.52. The van der Waals surface area contributed by atoms with Crippen LogP contribution in [-0.4, -0.2) is 7.11 Å². The Balaban J connectivity index is 2.21. The maximum absolute atomic E-state index is 13.6. The molecular formula is C15H14Br2FNO. The molecule has 106 valence electrons. The summed E-state index contributed by atoms with van der Waals surface area (Å²) in [6, 6.07) is 9.05. The molecule has 20 heavy (non-hydrogen) atoms. The normalized spacial score (nSPS) is 10.4. The van der Waals surface area contributed by atoms with Gasteiger partial charge >= 0.3 is 0 Å². The van der Waals surface area contributed by atoms with Gasteiger partial charge in [0.05, 0.1) is 11.6 Å². The molecule has 0 aliphatic carbocycles. The van der Waals surface area contributed by atoms with Crippen LogP contribution in [0.1, 0.15) is 11.1 Å². The van der Waals surface area contributed by atoms with Crippen LogP contribution in [0.15, 0.2) is 39.3 Å². The van der Waals surface area contributed by atoms with E-state index in [0.29, 0.717) is 11.0 Å². The number of aryl methyl sites for hydroxylation is 1. The monoisotopic (exact) mass is 401 g/mol. The number of nitrogens with one attached hydrogen (secondary N) is 1. The third-order valence-corrected chi connectivity index (χ3v) is 4.08. The fraction of sp³-hybridized carbons (Fsp3) is 0.200. The van der Waals surface area contributed by atoms with Crippen LogP contribution < -0.4 is 10.1 Å². The van der Waals surface area contributed by atoms with Gasteiger partial charge in [-0.15, -0.1) is 0 Å². The van der Waals surface area contributed by atoms with Crippen molar-refractivity contribution in [2.75, 3.05) is 12.4 Å². The highest BCUT2D eigenvalue weighted by atomic mass is 79.9. The molecule has 0 heterocycles. The fourth-order valence-electron chi connectivity index (χ4n) is 1.91. The van der Waals surface area contributed by atoms with Crippen molar-refractivity contribution < 1.29 is 9.13 Å². The molecule has 2 aromatic rings. The Labute approximate surface area is 134 Å². The molecule has 0 saturated heterocycles. The zero-order valence-electron chi connectivity index (χ0n) is 11.1. The van der Waals surface area contributed by atoms with Gasteiger partial charge in [0.1, 0.15) is 11.6 Å². The predicted octanol–water partition coefficient (Wildman–Crippen LogP) is 5.28. The summed E-state index contributed by atoms with van der Waals surface area (Å²) in [5.41, 5.74) is 2.75. The summed E-state index contributed by atoms with van der Waals surface area (Å²) >= 11 is 6.62. The van der Waals surface area contributed by atoms with Gasteiger partial charge in [0.15, 0.2) is 0 Å². The van der Waals surface area contributed by atoms with Crippen LogP contribution in [-0.2, 0) is 6.54 Å². The molecule has 0 saturated carbocycles.